The molecule has 27 heavy (non-hydrogen) atoms. The van der Waals surface area contributed by atoms with Crippen LogP contribution in [0.1, 0.15) is 30.0 Å². The first-order chi connectivity index (χ1) is 13.2. The maximum absolute atomic E-state index is 11.8. The van der Waals surface area contributed by atoms with E-state index >= 15 is 0 Å². The summed E-state index contributed by atoms with van der Waals surface area (Å²) in [6.45, 7) is 1.02. The Kier molecular flexibility index (Phi) is 5.07. The molecule has 3 aromatic carbocycles. The molecule has 0 aliphatic carbocycles. The normalized spacial score (nSPS) is 19.9. The number of nitrogens with zero attached hydrogens (tertiary/aromatic N) is 1. The van der Waals surface area contributed by atoms with Crippen LogP contribution in [0.3, 0.4) is 0 Å². The Hall–Kier alpha value is -2.85. The Balaban J connectivity index is 1.55. The highest BCUT2D eigenvalue weighted by atomic mass is 16.5. The van der Waals surface area contributed by atoms with E-state index in [0.717, 1.165) is 24.0 Å². The SMILES string of the molecule is O=C(O)N1CCCC(OCc2ccc3ccccc3c2)C1c1ccccc1. The van der Waals surface area contributed by atoms with E-state index in [0.29, 0.717) is 13.2 Å². The first-order valence-corrected chi connectivity index (χ1v) is 9.36. The second-order valence-corrected chi connectivity index (χ2v) is 7.00. The van der Waals surface area contributed by atoms with Crippen molar-refractivity contribution in [3.8, 4) is 0 Å². The van der Waals surface area contributed by atoms with E-state index in [1.165, 1.54) is 15.7 Å². The van der Waals surface area contributed by atoms with Crippen LogP contribution in [0.2, 0.25) is 0 Å². The van der Waals surface area contributed by atoms with E-state index in [4.69, 9.17) is 4.74 Å². The van der Waals surface area contributed by atoms with E-state index in [1.54, 1.807) is 0 Å². The zero-order valence-corrected chi connectivity index (χ0v) is 15.1. The summed E-state index contributed by atoms with van der Waals surface area (Å²) in [6.07, 6.45) is 0.640. The molecule has 0 bridgehead atoms. The van der Waals surface area contributed by atoms with Crippen LogP contribution in [-0.4, -0.2) is 28.7 Å². The van der Waals surface area contributed by atoms with Gasteiger partial charge < -0.3 is 9.84 Å². The van der Waals surface area contributed by atoms with E-state index in [-0.39, 0.29) is 12.1 Å². The van der Waals surface area contributed by atoms with Crippen LogP contribution in [0.15, 0.2) is 72.8 Å². The van der Waals surface area contributed by atoms with Crippen LogP contribution in [0.5, 0.6) is 0 Å². The summed E-state index contributed by atoms with van der Waals surface area (Å²) >= 11 is 0. The minimum atomic E-state index is -0.886. The highest BCUT2D eigenvalue weighted by Gasteiger charge is 2.36. The van der Waals surface area contributed by atoms with Gasteiger partial charge in [-0.15, -0.1) is 0 Å². The predicted octanol–water partition coefficient (Wildman–Crippen LogP) is 5.24. The number of amides is 1. The zero-order valence-electron chi connectivity index (χ0n) is 15.1. The smallest absolute Gasteiger partial charge is 0.407 e. The molecule has 4 rings (SSSR count). The fourth-order valence-electron chi connectivity index (χ4n) is 3.93. The van der Waals surface area contributed by atoms with Crippen molar-refractivity contribution in [2.75, 3.05) is 6.54 Å². The largest absolute Gasteiger partial charge is 0.465 e. The van der Waals surface area contributed by atoms with Gasteiger partial charge in [-0.3, -0.25) is 4.90 Å². The third-order valence-corrected chi connectivity index (χ3v) is 5.24. The van der Waals surface area contributed by atoms with Gasteiger partial charge in [0.05, 0.1) is 18.8 Å². The fraction of sp³-hybridized carbons (Fsp3) is 0.261. The molecule has 0 saturated carbocycles. The molecular weight excluding hydrogens is 338 g/mol. The minimum Gasteiger partial charge on any atom is -0.465 e. The van der Waals surface area contributed by atoms with Crippen LogP contribution >= 0.6 is 0 Å². The van der Waals surface area contributed by atoms with Crippen molar-refractivity contribution in [2.24, 2.45) is 0 Å². The average molecular weight is 361 g/mol. The number of benzene rings is 3. The Morgan fingerprint density at radius 1 is 1.00 bits per heavy atom. The molecule has 1 amide bonds. The first-order valence-electron chi connectivity index (χ1n) is 9.36. The molecule has 1 saturated heterocycles. The fourth-order valence-corrected chi connectivity index (χ4v) is 3.93. The lowest BCUT2D eigenvalue weighted by molar-refractivity contribution is -0.0451. The molecule has 1 aliphatic rings. The van der Waals surface area contributed by atoms with E-state index in [2.05, 4.69) is 30.3 Å². The number of piperidine rings is 1. The van der Waals surface area contributed by atoms with Crippen molar-refractivity contribution < 1.29 is 14.6 Å². The maximum Gasteiger partial charge on any atom is 0.407 e. The molecule has 2 unspecified atom stereocenters. The van der Waals surface area contributed by atoms with Crippen molar-refractivity contribution >= 4 is 16.9 Å². The Morgan fingerprint density at radius 3 is 2.52 bits per heavy atom. The van der Waals surface area contributed by atoms with Gasteiger partial charge in [0.15, 0.2) is 0 Å². The van der Waals surface area contributed by atoms with E-state index in [1.807, 2.05) is 42.5 Å². The lowest BCUT2D eigenvalue weighted by atomic mass is 9.92. The standard InChI is InChI=1S/C23H23NO3/c25-23(26)24-14-6-11-21(22(24)19-8-2-1-3-9-19)27-16-17-12-13-18-7-4-5-10-20(18)15-17/h1-5,7-10,12-13,15,21-22H,6,11,14,16H2,(H,25,26). The van der Waals surface area contributed by atoms with Crippen LogP contribution in [0.4, 0.5) is 4.79 Å². The van der Waals surface area contributed by atoms with Gasteiger partial charge in [0.25, 0.3) is 0 Å². The minimum absolute atomic E-state index is 0.149. The van der Waals surface area contributed by atoms with Crippen LogP contribution < -0.4 is 0 Å². The number of hydrogen-bond donors (Lipinski definition) is 1. The molecule has 138 valence electrons. The first kappa shape index (κ1) is 17.6. The third-order valence-electron chi connectivity index (χ3n) is 5.24. The van der Waals surface area contributed by atoms with Crippen LogP contribution in [-0.2, 0) is 11.3 Å². The monoisotopic (exact) mass is 361 g/mol. The summed E-state index contributed by atoms with van der Waals surface area (Å²) < 4.78 is 6.26. The number of likely N-dealkylation sites (tertiary alicyclic amines) is 1. The quantitative estimate of drug-likeness (QED) is 0.691. The summed E-state index contributed by atoms with van der Waals surface area (Å²) in [7, 11) is 0. The molecule has 2 atom stereocenters. The molecule has 4 nitrogen and oxygen atoms in total. The molecule has 0 radical (unpaired) electrons. The lowest BCUT2D eigenvalue weighted by Crippen LogP contribution is -2.45. The van der Waals surface area contributed by atoms with Gasteiger partial charge in [-0.05, 0) is 40.8 Å². The molecule has 4 heteroatoms. The number of carbonyl (C=O) groups is 1. The number of ether oxygens (including phenoxy) is 1. The summed E-state index contributed by atoms with van der Waals surface area (Å²) in [5.74, 6) is 0. The number of rotatable bonds is 4. The second kappa shape index (κ2) is 7.80. The third kappa shape index (κ3) is 3.81. The van der Waals surface area contributed by atoms with Gasteiger partial charge >= 0.3 is 6.09 Å². The Morgan fingerprint density at radius 2 is 1.74 bits per heavy atom. The van der Waals surface area contributed by atoms with Gasteiger partial charge in [-0.1, -0.05) is 66.7 Å². The predicted molar refractivity (Wildman–Crippen MR) is 106 cm³/mol. The van der Waals surface area contributed by atoms with E-state index in [9.17, 15) is 9.90 Å². The number of fused-ring (bicyclic) bond motifs is 1. The van der Waals surface area contributed by atoms with Crippen molar-refractivity contribution in [1.29, 1.82) is 0 Å². The number of hydrogen-bond acceptors (Lipinski definition) is 2. The number of carboxylic acid groups (broad SMARTS) is 1. The topological polar surface area (TPSA) is 49.8 Å². The molecule has 1 aliphatic heterocycles. The van der Waals surface area contributed by atoms with Crippen molar-refractivity contribution in [3.05, 3.63) is 83.9 Å². The van der Waals surface area contributed by atoms with Crippen molar-refractivity contribution in [1.82, 2.24) is 4.90 Å². The van der Waals surface area contributed by atoms with Gasteiger partial charge in [0.2, 0.25) is 0 Å². The van der Waals surface area contributed by atoms with Gasteiger partial charge in [0.1, 0.15) is 0 Å². The Labute approximate surface area is 159 Å². The molecule has 0 spiro atoms. The van der Waals surface area contributed by atoms with Gasteiger partial charge in [-0.25, -0.2) is 4.79 Å². The summed E-state index contributed by atoms with van der Waals surface area (Å²) in [5.41, 5.74) is 2.09. The molecule has 1 fully saturated rings. The molecule has 1 N–H and O–H groups in total. The Bertz CT molecular complexity index is 925. The lowest BCUT2D eigenvalue weighted by Gasteiger charge is -2.39. The summed E-state index contributed by atoms with van der Waals surface area (Å²) in [6, 6.07) is 24.1. The zero-order chi connectivity index (χ0) is 18.6. The van der Waals surface area contributed by atoms with Crippen LogP contribution in [0, 0.1) is 0 Å². The molecular formula is C23H23NO3. The molecule has 0 aromatic heterocycles. The van der Waals surface area contributed by atoms with Crippen molar-refractivity contribution in [3.63, 3.8) is 0 Å². The highest BCUT2D eigenvalue weighted by molar-refractivity contribution is 5.82. The van der Waals surface area contributed by atoms with Gasteiger partial charge in [-0.2, -0.15) is 0 Å². The molecule has 3 aromatic rings. The highest BCUT2D eigenvalue weighted by Crippen LogP contribution is 2.34. The van der Waals surface area contributed by atoms with E-state index < -0.39 is 6.09 Å². The van der Waals surface area contributed by atoms with Crippen LogP contribution in [0.25, 0.3) is 10.8 Å². The average Bonchev–Trinajstić information content (AvgIpc) is 2.72. The van der Waals surface area contributed by atoms with Gasteiger partial charge in [0, 0.05) is 6.54 Å². The summed E-state index contributed by atoms with van der Waals surface area (Å²) in [5, 5.41) is 12.1. The second-order valence-electron chi connectivity index (χ2n) is 7.00. The van der Waals surface area contributed by atoms with Crippen molar-refractivity contribution in [2.45, 2.75) is 31.6 Å². The molecule has 1 heterocycles. The maximum atomic E-state index is 11.8. The summed E-state index contributed by atoms with van der Waals surface area (Å²) in [4.78, 5) is 13.3.